The summed E-state index contributed by atoms with van der Waals surface area (Å²) < 4.78 is 6.27. The Morgan fingerprint density at radius 1 is 0.931 bits per heavy atom. The van der Waals surface area contributed by atoms with Crippen LogP contribution in [0.3, 0.4) is 0 Å². The molecule has 0 spiro atoms. The summed E-state index contributed by atoms with van der Waals surface area (Å²) in [6.07, 6.45) is 10.3. The number of rotatable bonds is 3. The van der Waals surface area contributed by atoms with Gasteiger partial charge in [0, 0.05) is 48.9 Å². The third-order valence-corrected chi connectivity index (χ3v) is 5.34. The van der Waals surface area contributed by atoms with Crippen molar-refractivity contribution in [1.82, 2.24) is 15.0 Å². The Kier molecular flexibility index (Phi) is 4.52. The van der Waals surface area contributed by atoms with Crippen LogP contribution >= 0.6 is 0 Å². The molecule has 6 heteroatoms. The first-order valence-electron chi connectivity index (χ1n) is 9.83. The first-order valence-corrected chi connectivity index (χ1v) is 9.83. The summed E-state index contributed by atoms with van der Waals surface area (Å²) in [6.45, 7) is 1.83. The summed E-state index contributed by atoms with van der Waals surface area (Å²) in [5.41, 5.74) is 3.97. The molecule has 1 aromatic carbocycles. The molecule has 3 aromatic heterocycles. The molecule has 5 rings (SSSR count). The minimum atomic E-state index is -0.0266. The molecule has 0 unspecified atom stereocenters. The Hall–Kier alpha value is -3.54. The van der Waals surface area contributed by atoms with Crippen LogP contribution in [0, 0.1) is 0 Å². The van der Waals surface area contributed by atoms with Crippen LogP contribution in [0.4, 0.5) is 5.88 Å². The molecule has 29 heavy (non-hydrogen) atoms. The zero-order valence-electron chi connectivity index (χ0n) is 15.9. The van der Waals surface area contributed by atoms with Gasteiger partial charge in [0.1, 0.15) is 11.9 Å². The number of fused-ring (bicyclic) bond motifs is 1. The average Bonchev–Trinajstić information content (AvgIpc) is 2.80. The predicted molar refractivity (Wildman–Crippen MR) is 113 cm³/mol. The molecular formula is C23H20N4O2. The molecule has 144 valence electrons. The predicted octanol–water partition coefficient (Wildman–Crippen LogP) is 4.30. The van der Waals surface area contributed by atoms with E-state index in [4.69, 9.17) is 4.42 Å². The number of para-hydroxylation sites is 1. The lowest BCUT2D eigenvalue weighted by atomic mass is 10.0. The van der Waals surface area contributed by atoms with Gasteiger partial charge in [0.15, 0.2) is 11.3 Å². The third kappa shape index (κ3) is 3.38. The van der Waals surface area contributed by atoms with Gasteiger partial charge in [0.05, 0.1) is 11.1 Å². The van der Waals surface area contributed by atoms with E-state index >= 15 is 0 Å². The molecule has 6 nitrogen and oxygen atoms in total. The quantitative estimate of drug-likeness (QED) is 0.524. The third-order valence-electron chi connectivity index (χ3n) is 5.34. The number of aromatic nitrogens is 3. The number of hydrogen-bond acceptors (Lipinski definition) is 6. The highest BCUT2D eigenvalue weighted by Gasteiger charge is 2.17. The van der Waals surface area contributed by atoms with Crippen molar-refractivity contribution in [2.75, 3.05) is 18.0 Å². The Bertz CT molecular complexity index is 1210. The van der Waals surface area contributed by atoms with Crippen molar-refractivity contribution in [1.29, 1.82) is 0 Å². The number of nitrogens with zero attached hydrogens (tertiary/aromatic N) is 4. The minimum Gasteiger partial charge on any atom is -0.440 e. The average molecular weight is 384 g/mol. The van der Waals surface area contributed by atoms with Gasteiger partial charge in [-0.05, 0) is 49.1 Å². The van der Waals surface area contributed by atoms with Gasteiger partial charge in [-0.25, -0.2) is 9.97 Å². The van der Waals surface area contributed by atoms with Gasteiger partial charge in [-0.1, -0.05) is 6.07 Å². The van der Waals surface area contributed by atoms with Crippen molar-refractivity contribution >= 4 is 16.9 Å². The van der Waals surface area contributed by atoms with Crippen LogP contribution < -0.4 is 10.3 Å². The molecular weight excluding hydrogens is 364 g/mol. The van der Waals surface area contributed by atoms with Crippen LogP contribution in [0.15, 0.2) is 70.5 Å². The van der Waals surface area contributed by atoms with Crippen LogP contribution in [0.1, 0.15) is 19.3 Å². The van der Waals surface area contributed by atoms with Crippen LogP contribution in [-0.4, -0.2) is 28.0 Å². The van der Waals surface area contributed by atoms with E-state index in [0.717, 1.165) is 48.3 Å². The molecule has 0 bridgehead atoms. The van der Waals surface area contributed by atoms with Gasteiger partial charge in [0.25, 0.3) is 0 Å². The molecule has 4 aromatic rings. The number of benzene rings is 1. The van der Waals surface area contributed by atoms with E-state index in [-0.39, 0.29) is 5.43 Å². The van der Waals surface area contributed by atoms with Crippen LogP contribution in [0.25, 0.3) is 33.4 Å². The van der Waals surface area contributed by atoms with E-state index < -0.39 is 0 Å². The second-order valence-electron chi connectivity index (χ2n) is 7.24. The summed E-state index contributed by atoms with van der Waals surface area (Å²) in [5, 5.41) is 0.568. The van der Waals surface area contributed by atoms with Crippen LogP contribution in [-0.2, 0) is 0 Å². The Morgan fingerprint density at radius 2 is 1.76 bits per heavy atom. The van der Waals surface area contributed by atoms with E-state index in [0.29, 0.717) is 16.9 Å². The number of hydrogen-bond donors (Lipinski definition) is 0. The summed E-state index contributed by atoms with van der Waals surface area (Å²) in [6, 6.07) is 11.1. The first kappa shape index (κ1) is 17.6. The fourth-order valence-corrected chi connectivity index (χ4v) is 3.84. The highest BCUT2D eigenvalue weighted by molar-refractivity contribution is 5.92. The molecule has 0 atom stereocenters. The maximum absolute atomic E-state index is 12.8. The lowest BCUT2D eigenvalue weighted by molar-refractivity contribution is 0.513. The number of piperidine rings is 1. The lowest BCUT2D eigenvalue weighted by Gasteiger charge is -2.27. The maximum Gasteiger partial charge on any atom is 0.200 e. The number of anilines is 1. The molecule has 1 aliphatic heterocycles. The van der Waals surface area contributed by atoms with Crippen LogP contribution in [0.5, 0.6) is 0 Å². The topological polar surface area (TPSA) is 72.1 Å². The Morgan fingerprint density at radius 3 is 2.59 bits per heavy atom. The fraction of sp³-hybridized carbons (Fsp3) is 0.217. The smallest absolute Gasteiger partial charge is 0.200 e. The molecule has 4 heterocycles. The second kappa shape index (κ2) is 7.47. The minimum absolute atomic E-state index is 0.0266. The lowest BCUT2D eigenvalue weighted by Crippen LogP contribution is -2.30. The van der Waals surface area contributed by atoms with E-state index in [1.165, 1.54) is 12.7 Å². The fourth-order valence-electron chi connectivity index (χ4n) is 3.84. The zero-order chi connectivity index (χ0) is 19.6. The zero-order valence-corrected chi connectivity index (χ0v) is 15.9. The standard InChI is InChI=1S/C23H20N4O2/c28-21-12-22(27-9-2-1-3-10-27)29-23-18(5-4-6-19(21)23)20-11-16(7-8-26-20)17-13-24-15-25-14-17/h4-8,11-15H,1-3,9-10H2. The largest absolute Gasteiger partial charge is 0.440 e. The molecule has 0 N–H and O–H groups in total. The summed E-state index contributed by atoms with van der Waals surface area (Å²) in [4.78, 5) is 27.7. The summed E-state index contributed by atoms with van der Waals surface area (Å²) >= 11 is 0. The van der Waals surface area contributed by atoms with Gasteiger partial charge < -0.3 is 9.32 Å². The number of pyridine rings is 1. The SMILES string of the molecule is O=c1cc(N2CCCCC2)oc2c(-c3cc(-c4cncnc4)ccn3)cccc12. The van der Waals surface area contributed by atoms with Crippen molar-refractivity contribution in [3.8, 4) is 22.4 Å². The second-order valence-corrected chi connectivity index (χ2v) is 7.24. The summed E-state index contributed by atoms with van der Waals surface area (Å²) in [7, 11) is 0. The first-order chi connectivity index (χ1) is 14.3. The molecule has 1 aliphatic rings. The van der Waals surface area contributed by atoms with Crippen molar-refractivity contribution < 1.29 is 4.42 Å². The highest BCUT2D eigenvalue weighted by Crippen LogP contribution is 2.31. The van der Waals surface area contributed by atoms with Crippen molar-refractivity contribution in [3.05, 3.63) is 71.5 Å². The molecule has 1 saturated heterocycles. The Labute approximate surface area is 167 Å². The van der Waals surface area contributed by atoms with Gasteiger partial charge >= 0.3 is 0 Å². The van der Waals surface area contributed by atoms with Gasteiger partial charge in [-0.2, -0.15) is 0 Å². The maximum atomic E-state index is 12.8. The molecule has 0 radical (unpaired) electrons. The van der Waals surface area contributed by atoms with E-state index in [1.807, 2.05) is 24.3 Å². The van der Waals surface area contributed by atoms with E-state index in [9.17, 15) is 4.79 Å². The normalized spacial score (nSPS) is 14.3. The van der Waals surface area contributed by atoms with Crippen molar-refractivity contribution in [2.24, 2.45) is 0 Å². The molecule has 0 aliphatic carbocycles. The van der Waals surface area contributed by atoms with Gasteiger partial charge in [0.2, 0.25) is 0 Å². The monoisotopic (exact) mass is 384 g/mol. The van der Waals surface area contributed by atoms with Crippen molar-refractivity contribution in [3.63, 3.8) is 0 Å². The van der Waals surface area contributed by atoms with Gasteiger partial charge in [-0.3, -0.25) is 9.78 Å². The van der Waals surface area contributed by atoms with Crippen molar-refractivity contribution in [2.45, 2.75) is 19.3 Å². The Balaban J connectivity index is 1.65. The van der Waals surface area contributed by atoms with E-state index in [1.54, 1.807) is 30.7 Å². The van der Waals surface area contributed by atoms with E-state index in [2.05, 4.69) is 19.9 Å². The molecule has 0 saturated carbocycles. The molecule has 0 amide bonds. The molecule has 1 fully saturated rings. The van der Waals surface area contributed by atoms with Gasteiger partial charge in [-0.15, -0.1) is 0 Å². The van der Waals surface area contributed by atoms with Crippen LogP contribution in [0.2, 0.25) is 0 Å². The highest BCUT2D eigenvalue weighted by atomic mass is 16.4. The summed E-state index contributed by atoms with van der Waals surface area (Å²) in [5.74, 6) is 0.641.